The maximum atomic E-state index is 4.33. The van der Waals surface area contributed by atoms with Crippen LogP contribution in [0, 0.1) is 0 Å². The molecule has 3 aromatic rings. The molecule has 0 bridgehead atoms. The highest BCUT2D eigenvalue weighted by molar-refractivity contribution is 5.34. The van der Waals surface area contributed by atoms with Gasteiger partial charge in [0.2, 0.25) is 0 Å². The van der Waals surface area contributed by atoms with Crippen LogP contribution in [0.25, 0.3) is 5.69 Å². The molecule has 5 nitrogen and oxygen atoms in total. The van der Waals surface area contributed by atoms with E-state index < -0.39 is 0 Å². The SMILES string of the molecule is c1cnn(CC[C@@H]2CCCCN2Cc2ccc(-n3ccnc3)cc2)c1. The van der Waals surface area contributed by atoms with E-state index in [0.717, 1.165) is 18.8 Å². The van der Waals surface area contributed by atoms with E-state index in [2.05, 4.69) is 45.4 Å². The van der Waals surface area contributed by atoms with Gasteiger partial charge in [0.1, 0.15) is 0 Å². The molecule has 5 heteroatoms. The molecule has 1 fully saturated rings. The Bertz CT molecular complexity index is 746. The molecule has 0 N–H and O–H groups in total. The smallest absolute Gasteiger partial charge is 0.0991 e. The Hall–Kier alpha value is -2.40. The summed E-state index contributed by atoms with van der Waals surface area (Å²) in [6.45, 7) is 3.24. The predicted molar refractivity (Wildman–Crippen MR) is 98.5 cm³/mol. The Kier molecular flexibility index (Phi) is 4.93. The molecule has 1 aromatic carbocycles. The number of likely N-dealkylation sites (tertiary alicyclic amines) is 1. The molecule has 1 atom stereocenters. The van der Waals surface area contributed by atoms with Crippen LogP contribution in [0.4, 0.5) is 0 Å². The number of hydrogen-bond acceptors (Lipinski definition) is 3. The third-order valence-electron chi connectivity index (χ3n) is 5.12. The summed E-state index contributed by atoms with van der Waals surface area (Å²) in [5.41, 5.74) is 2.55. The first-order chi connectivity index (χ1) is 12.4. The van der Waals surface area contributed by atoms with Crippen molar-refractivity contribution in [3.63, 3.8) is 0 Å². The molecule has 1 saturated heterocycles. The number of nitrogens with zero attached hydrogens (tertiary/aromatic N) is 5. The minimum Gasteiger partial charge on any atom is -0.306 e. The lowest BCUT2D eigenvalue weighted by Gasteiger charge is -2.36. The zero-order chi connectivity index (χ0) is 16.9. The van der Waals surface area contributed by atoms with Crippen LogP contribution in [0.2, 0.25) is 0 Å². The second kappa shape index (κ2) is 7.66. The second-order valence-corrected chi connectivity index (χ2v) is 6.81. The Morgan fingerprint density at radius 3 is 2.72 bits per heavy atom. The summed E-state index contributed by atoms with van der Waals surface area (Å²) in [4.78, 5) is 6.77. The van der Waals surface area contributed by atoms with Crippen molar-refractivity contribution in [1.82, 2.24) is 24.2 Å². The summed E-state index contributed by atoms with van der Waals surface area (Å²) in [5.74, 6) is 0. The highest BCUT2D eigenvalue weighted by Gasteiger charge is 2.22. The molecule has 0 amide bonds. The summed E-state index contributed by atoms with van der Waals surface area (Å²) >= 11 is 0. The zero-order valence-electron chi connectivity index (χ0n) is 14.5. The third-order valence-corrected chi connectivity index (χ3v) is 5.12. The molecule has 0 radical (unpaired) electrons. The van der Waals surface area contributed by atoms with Gasteiger partial charge >= 0.3 is 0 Å². The molecular weight excluding hydrogens is 310 g/mol. The van der Waals surface area contributed by atoms with Gasteiger partial charge in [0.25, 0.3) is 0 Å². The molecular formula is C20H25N5. The van der Waals surface area contributed by atoms with Crippen LogP contribution in [0.1, 0.15) is 31.2 Å². The Labute approximate surface area is 148 Å². The van der Waals surface area contributed by atoms with Crippen LogP contribution in [0.5, 0.6) is 0 Å². The van der Waals surface area contributed by atoms with Crippen LogP contribution in [0.3, 0.4) is 0 Å². The van der Waals surface area contributed by atoms with Crippen LogP contribution >= 0.6 is 0 Å². The molecule has 4 rings (SSSR count). The van der Waals surface area contributed by atoms with E-state index in [4.69, 9.17) is 0 Å². The molecule has 0 saturated carbocycles. The number of rotatable bonds is 6. The monoisotopic (exact) mass is 335 g/mol. The maximum absolute atomic E-state index is 4.33. The van der Waals surface area contributed by atoms with Crippen molar-refractivity contribution in [3.05, 3.63) is 67.0 Å². The van der Waals surface area contributed by atoms with E-state index in [-0.39, 0.29) is 0 Å². The molecule has 0 aliphatic carbocycles. The molecule has 2 aromatic heterocycles. The van der Waals surface area contributed by atoms with Gasteiger partial charge in [-0.25, -0.2) is 4.98 Å². The van der Waals surface area contributed by atoms with Crippen LogP contribution in [-0.2, 0) is 13.1 Å². The first kappa shape index (κ1) is 16.1. The lowest BCUT2D eigenvalue weighted by Crippen LogP contribution is -2.39. The quantitative estimate of drug-likeness (QED) is 0.692. The van der Waals surface area contributed by atoms with E-state index >= 15 is 0 Å². The Morgan fingerprint density at radius 1 is 1.04 bits per heavy atom. The van der Waals surface area contributed by atoms with E-state index in [1.54, 1.807) is 0 Å². The van der Waals surface area contributed by atoms with E-state index in [1.807, 2.05) is 40.2 Å². The highest BCUT2D eigenvalue weighted by Crippen LogP contribution is 2.23. The number of benzene rings is 1. The molecule has 1 aliphatic heterocycles. The molecule has 25 heavy (non-hydrogen) atoms. The van der Waals surface area contributed by atoms with E-state index in [0.29, 0.717) is 6.04 Å². The molecule has 0 spiro atoms. The van der Waals surface area contributed by atoms with Crippen LogP contribution in [0.15, 0.2) is 61.4 Å². The average Bonchev–Trinajstić information content (AvgIpc) is 3.36. The Balaban J connectivity index is 1.39. The van der Waals surface area contributed by atoms with Gasteiger partial charge in [-0.3, -0.25) is 9.58 Å². The number of hydrogen-bond donors (Lipinski definition) is 0. The second-order valence-electron chi connectivity index (χ2n) is 6.81. The normalized spacial score (nSPS) is 18.5. The number of aryl methyl sites for hydroxylation is 1. The molecule has 0 unspecified atom stereocenters. The van der Waals surface area contributed by atoms with Crippen molar-refractivity contribution in [3.8, 4) is 5.69 Å². The Morgan fingerprint density at radius 2 is 1.96 bits per heavy atom. The van der Waals surface area contributed by atoms with Crippen molar-refractivity contribution in [2.24, 2.45) is 0 Å². The fourth-order valence-corrected chi connectivity index (χ4v) is 3.73. The average molecular weight is 335 g/mol. The lowest BCUT2D eigenvalue weighted by molar-refractivity contribution is 0.127. The maximum Gasteiger partial charge on any atom is 0.0991 e. The van der Waals surface area contributed by atoms with Gasteiger partial charge in [0.15, 0.2) is 0 Å². The van der Waals surface area contributed by atoms with Crippen molar-refractivity contribution in [2.45, 2.75) is 44.8 Å². The standard InChI is InChI=1S/C20H25N5/c1-2-12-23(19(4-1)9-14-25-13-3-10-22-25)16-18-5-7-20(8-6-18)24-15-11-21-17-24/h3,5-8,10-11,13,15,17,19H,1-2,4,9,12,14,16H2/t19-/m0/s1. The van der Waals surface area contributed by atoms with E-state index in [9.17, 15) is 0 Å². The minimum atomic E-state index is 0.659. The summed E-state index contributed by atoms with van der Waals surface area (Å²) in [6.07, 6.45) is 14.7. The fourth-order valence-electron chi connectivity index (χ4n) is 3.73. The van der Waals surface area contributed by atoms with Gasteiger partial charge in [-0.1, -0.05) is 18.6 Å². The summed E-state index contributed by atoms with van der Waals surface area (Å²) in [6, 6.07) is 11.5. The summed E-state index contributed by atoms with van der Waals surface area (Å²) in [5, 5.41) is 4.33. The van der Waals surface area contributed by atoms with E-state index in [1.165, 1.54) is 37.8 Å². The number of piperidine rings is 1. The van der Waals surface area contributed by atoms with Crippen LogP contribution in [-0.4, -0.2) is 36.8 Å². The van der Waals surface area contributed by atoms with Gasteiger partial charge in [-0.2, -0.15) is 5.10 Å². The topological polar surface area (TPSA) is 38.9 Å². The van der Waals surface area contributed by atoms with Crippen LogP contribution < -0.4 is 0 Å². The molecule has 130 valence electrons. The summed E-state index contributed by atoms with van der Waals surface area (Å²) < 4.78 is 4.09. The van der Waals surface area contributed by atoms with Crippen molar-refractivity contribution in [2.75, 3.05) is 6.54 Å². The molecule has 3 heterocycles. The number of aromatic nitrogens is 4. The fraction of sp³-hybridized carbons (Fsp3) is 0.400. The minimum absolute atomic E-state index is 0.659. The van der Waals surface area contributed by atoms with Gasteiger partial charge < -0.3 is 4.57 Å². The van der Waals surface area contributed by atoms with Gasteiger partial charge in [0.05, 0.1) is 6.33 Å². The first-order valence-corrected chi connectivity index (χ1v) is 9.17. The zero-order valence-corrected chi connectivity index (χ0v) is 14.5. The highest BCUT2D eigenvalue weighted by atomic mass is 15.3. The van der Waals surface area contributed by atoms with Gasteiger partial charge in [0, 0.05) is 49.6 Å². The van der Waals surface area contributed by atoms with Crippen molar-refractivity contribution >= 4 is 0 Å². The van der Waals surface area contributed by atoms with Gasteiger partial charge in [-0.15, -0.1) is 0 Å². The van der Waals surface area contributed by atoms with Crippen molar-refractivity contribution in [1.29, 1.82) is 0 Å². The van der Waals surface area contributed by atoms with Gasteiger partial charge in [-0.05, 0) is 49.6 Å². The largest absolute Gasteiger partial charge is 0.306 e. The number of imidazole rings is 1. The summed E-state index contributed by atoms with van der Waals surface area (Å²) in [7, 11) is 0. The third kappa shape index (κ3) is 3.99. The molecule has 1 aliphatic rings. The predicted octanol–water partition coefficient (Wildman–Crippen LogP) is 3.51. The lowest BCUT2D eigenvalue weighted by atomic mass is 9.98. The first-order valence-electron chi connectivity index (χ1n) is 9.17. The van der Waals surface area contributed by atoms with Crippen molar-refractivity contribution < 1.29 is 0 Å².